The smallest absolute Gasteiger partial charge is 0.336 e. The van der Waals surface area contributed by atoms with Gasteiger partial charge in [-0.3, -0.25) is 52.7 Å². The van der Waals surface area contributed by atoms with E-state index in [1.807, 2.05) is 36.7 Å². The van der Waals surface area contributed by atoms with Crippen molar-refractivity contribution >= 4 is 92.7 Å². The summed E-state index contributed by atoms with van der Waals surface area (Å²) in [7, 11) is 0. The van der Waals surface area contributed by atoms with Crippen LogP contribution < -0.4 is 52.6 Å². The van der Waals surface area contributed by atoms with Gasteiger partial charge in [0, 0.05) is 66.7 Å². The molecule has 35 heteroatoms. The number of β-amino-alcohol motifs (C(OH)–C–C–N with tert-alkyl or cyclic N) is 1. The maximum absolute atomic E-state index is 14.8. The van der Waals surface area contributed by atoms with Crippen molar-refractivity contribution < 1.29 is 128 Å². The zero-order chi connectivity index (χ0) is 77.2. The number of rotatable bonds is 13. The molecule has 20 atom stereocenters. The Hall–Kier alpha value is -9.36. The Kier molecular flexibility index (Phi) is 28.6. The quantitative estimate of drug-likeness (QED) is 0.0536. The van der Waals surface area contributed by atoms with E-state index in [-0.39, 0.29) is 28.7 Å². The van der Waals surface area contributed by atoms with Gasteiger partial charge in [-0.15, -0.1) is 0 Å². The van der Waals surface area contributed by atoms with Crippen LogP contribution in [0.4, 0.5) is 11.4 Å². The molecule has 4 aliphatic rings. The highest BCUT2D eigenvalue weighted by Crippen LogP contribution is 2.57. The zero-order valence-corrected chi connectivity index (χ0v) is 58.6. The molecule has 1 saturated heterocycles. The number of carbonyl (C=O) groups is 12. The van der Waals surface area contributed by atoms with Crippen LogP contribution in [0.3, 0.4) is 0 Å². The van der Waals surface area contributed by atoms with Crippen LogP contribution in [-0.2, 0) is 57.5 Å². The lowest BCUT2D eigenvalue weighted by Crippen LogP contribution is -2.63. The number of aliphatic hydroxyl groups is 8. The van der Waals surface area contributed by atoms with Crippen LogP contribution in [0.1, 0.15) is 105 Å². The van der Waals surface area contributed by atoms with Crippen molar-refractivity contribution in [3.05, 3.63) is 47.3 Å². The molecule has 102 heavy (non-hydrogen) atoms. The summed E-state index contributed by atoms with van der Waals surface area (Å²) in [6.45, 7) is 14.4. The van der Waals surface area contributed by atoms with Crippen molar-refractivity contribution in [1.82, 2.24) is 37.2 Å². The molecule has 0 aromatic heterocycles. The maximum Gasteiger partial charge on any atom is 0.336 e. The molecule has 564 valence electrons. The number of nitrogens with one attached hydrogen (secondary N) is 9. The summed E-state index contributed by atoms with van der Waals surface area (Å²) in [4.78, 5) is 165. The van der Waals surface area contributed by atoms with Gasteiger partial charge >= 0.3 is 11.8 Å². The van der Waals surface area contributed by atoms with Crippen molar-refractivity contribution in [2.75, 3.05) is 36.9 Å². The molecule has 21 N–H and O–H groups in total. The van der Waals surface area contributed by atoms with Crippen LogP contribution in [0.15, 0.2) is 36.1 Å². The predicted octanol–water partition coefficient (Wildman–Crippen LogP) is -3.12. The van der Waals surface area contributed by atoms with Crippen LogP contribution >= 0.6 is 0 Å². The number of carbonyl (C=O) groups excluding carboxylic acids is 11. The lowest BCUT2D eigenvalue weighted by Gasteiger charge is -2.37. The molecule has 4 aliphatic heterocycles. The van der Waals surface area contributed by atoms with Gasteiger partial charge in [-0.1, -0.05) is 66.7 Å². The predicted molar refractivity (Wildman–Crippen MR) is 359 cm³/mol. The number of ether oxygens (including phenoxy) is 2. The number of hydrogen-bond donors (Lipinski definition) is 21. The first-order valence-corrected chi connectivity index (χ1v) is 32.9. The van der Waals surface area contributed by atoms with Gasteiger partial charge in [-0.05, 0) is 64.4 Å². The molecule has 11 unspecified atom stereocenters. The largest absolute Gasteiger partial charge is 0.507 e. The average Bonchev–Trinajstić information content (AvgIpc) is 1.50. The first-order chi connectivity index (χ1) is 47.5. The molecule has 0 aliphatic carbocycles. The number of allylic oxidation sites excluding steroid dienone is 2. The average molecular weight is 1440 g/mol. The lowest BCUT2D eigenvalue weighted by atomic mass is 9.72. The van der Waals surface area contributed by atoms with Crippen LogP contribution in [0.25, 0.3) is 10.8 Å². The van der Waals surface area contributed by atoms with Gasteiger partial charge in [0.05, 0.1) is 48.7 Å². The van der Waals surface area contributed by atoms with E-state index < -0.39 is 262 Å². The Bertz CT molecular complexity index is 3650. The van der Waals surface area contributed by atoms with E-state index in [1.54, 1.807) is 25.2 Å². The molecule has 5 bridgehead atoms. The number of anilines is 2. The normalized spacial score (nSPS) is 31.2. The highest BCUT2D eigenvalue weighted by atomic mass is 16.7. The van der Waals surface area contributed by atoms with Gasteiger partial charge in [-0.2, -0.15) is 0 Å². The summed E-state index contributed by atoms with van der Waals surface area (Å²) in [6, 6.07) is -13.3. The van der Waals surface area contributed by atoms with Gasteiger partial charge < -0.3 is 119 Å². The Balaban J connectivity index is 1.62. The number of carboxylic acid groups (broad SMARTS) is 1. The van der Waals surface area contributed by atoms with Crippen molar-refractivity contribution in [2.45, 2.75) is 175 Å². The number of benzene rings is 2. The van der Waals surface area contributed by atoms with Crippen LogP contribution in [0.5, 0.6) is 23.0 Å². The first kappa shape index (κ1) is 83.3. The monoisotopic (exact) mass is 1440 g/mol. The summed E-state index contributed by atoms with van der Waals surface area (Å²) in [5.74, 6) is -27.8. The number of aromatic hydroxyl groups is 3. The molecular formula is C67H95N9O26. The van der Waals surface area contributed by atoms with Crippen LogP contribution in [-0.4, -0.2) is 237 Å². The Labute approximate surface area is 585 Å². The summed E-state index contributed by atoms with van der Waals surface area (Å²) >= 11 is 0. The second kappa shape index (κ2) is 35.0. The molecule has 4 heterocycles. The zero-order valence-electron chi connectivity index (χ0n) is 58.6. The van der Waals surface area contributed by atoms with Crippen LogP contribution in [0, 0.1) is 54.3 Å². The molecule has 1 fully saturated rings. The topological polar surface area (TPSA) is 574 Å². The number of amides is 8. The van der Waals surface area contributed by atoms with Crippen molar-refractivity contribution in [3.63, 3.8) is 0 Å². The fourth-order valence-corrected chi connectivity index (χ4v) is 11.8. The van der Waals surface area contributed by atoms with Crippen molar-refractivity contribution in [1.29, 1.82) is 0 Å². The van der Waals surface area contributed by atoms with Gasteiger partial charge in [0.25, 0.3) is 23.5 Å². The van der Waals surface area contributed by atoms with E-state index in [9.17, 15) is 119 Å². The van der Waals surface area contributed by atoms with Crippen molar-refractivity contribution in [2.24, 2.45) is 47.3 Å². The Morgan fingerprint density at radius 2 is 1.31 bits per heavy atom. The fraction of sp³-hybridized carbons (Fsp3) is 0.582. The van der Waals surface area contributed by atoms with Gasteiger partial charge in [-0.25, -0.2) is 4.79 Å². The molecule has 0 radical (unpaired) electrons. The SMILES string of the molecule is CC(=O)C(O)C(O)C1NC(=O)C(C(C)C)CC(=O)C(CO)NC(=O)C(CNC(=O)C(C)Nc2c3c(O)c4c(O)c(C)c5c(c4c2O)C(=O)[C@@](C)(O/C=C/[C@H](CO)[C@@H](C)[C@@H](C)[C@H](C)[C@H](O)[C@H](C)[C@@H](O)[C@@H](C)/C=C/C=C(/C)C(=O)N3)O5)NC(=O)C(C(=O)O)NC(=O)C(O)CNC(=O)C(C(C)O)NC1=O. The minimum absolute atomic E-state index is 0.0955. The van der Waals surface area contributed by atoms with E-state index >= 15 is 0 Å². The molecule has 8 amide bonds. The van der Waals surface area contributed by atoms with Crippen LogP contribution in [0.2, 0.25) is 0 Å². The molecule has 0 spiro atoms. The molecule has 6 rings (SSSR count). The van der Waals surface area contributed by atoms with Gasteiger partial charge in [0.15, 0.2) is 17.3 Å². The van der Waals surface area contributed by atoms with Gasteiger partial charge in [0.1, 0.15) is 77.1 Å². The third-order valence-corrected chi connectivity index (χ3v) is 19.1. The summed E-state index contributed by atoms with van der Waals surface area (Å²) < 4.78 is 12.1. The summed E-state index contributed by atoms with van der Waals surface area (Å²) in [5, 5.41) is 152. The number of phenolic OH excluding ortho intramolecular Hbond substituents is 3. The number of phenols is 3. The number of hydrogen-bond acceptors (Lipinski definition) is 26. The summed E-state index contributed by atoms with van der Waals surface area (Å²) in [5.41, 5.74) is -2.25. The minimum Gasteiger partial charge on any atom is -0.507 e. The Morgan fingerprint density at radius 3 is 1.89 bits per heavy atom. The third-order valence-electron chi connectivity index (χ3n) is 19.1. The molecule has 0 saturated carbocycles. The van der Waals surface area contributed by atoms with E-state index in [4.69, 9.17) is 9.47 Å². The number of aliphatic hydroxyl groups excluding tert-OH is 8. The van der Waals surface area contributed by atoms with E-state index in [0.29, 0.717) is 0 Å². The maximum atomic E-state index is 14.8. The molecule has 2 aromatic carbocycles. The van der Waals surface area contributed by atoms with Crippen molar-refractivity contribution in [3.8, 4) is 23.0 Å². The first-order valence-electron chi connectivity index (χ1n) is 32.9. The third kappa shape index (κ3) is 18.8. The number of ketones is 3. The highest BCUT2D eigenvalue weighted by molar-refractivity contribution is 6.24. The number of aliphatic carboxylic acids is 1. The standard InChI is InChI=1S/C67H95N9O26/c1-24(2)36-19-39(81)38(23-78)72-61(94)37(71-65(98)48(66(99)100)76-62(95)40(82)21-69-63(96)44(33(11)79)73-64(97)47(75-60(36)93)55(89)52(86)34(12)80)20-68-59(92)32(10)70-45-46-54(88)42-41(53(45)87)43-56(31(9)51(42)85)102-67(13,57(43)90)101-18-17-35(22-77)28(6)27(5)29(7)50(84)30(8)49(83)25(3)15-14-16-26(4)58(91)74-46/h14-18,24-25,27-30,32-33,35-38,40,44,47-50,52,55,70,77-79,82-89H,19-23H2,1-13H3,(H,68,92)(H,69,96)(H,71,98)(H,72,94)(H,73,97)(H,74,91)(H,75,93)(H,76,95)(H,99,100)/b15-14+,18-17+,26-16-/t25-,27+,28-,29-,30+,32?,33?,35+,36?,37?,38?,40?,44?,47?,48?,49-,50-,52?,55?,67-/m0/s1. The molecule has 2 aromatic rings. The number of Topliss-reactive ketones (excluding diaryl/α,β-unsaturated/α-hetero) is 3. The lowest BCUT2D eigenvalue weighted by molar-refractivity contribution is -0.148. The molecule has 35 nitrogen and oxygen atoms in total. The number of carboxylic acids is 1. The second-order valence-electron chi connectivity index (χ2n) is 26.7. The van der Waals surface area contributed by atoms with E-state index in [0.717, 1.165) is 27.0 Å². The second-order valence-corrected chi connectivity index (χ2v) is 26.7. The van der Waals surface area contributed by atoms with Gasteiger partial charge in [0.2, 0.25) is 35.6 Å². The minimum atomic E-state index is -2.75. The fourth-order valence-electron chi connectivity index (χ4n) is 11.8. The summed E-state index contributed by atoms with van der Waals surface area (Å²) in [6.07, 6.45) is -5.40. The molecular weight excluding hydrogens is 1350 g/mol. The highest BCUT2D eigenvalue weighted by Gasteiger charge is 2.51. The van der Waals surface area contributed by atoms with E-state index in [1.165, 1.54) is 52.8 Å². The Morgan fingerprint density at radius 1 is 0.696 bits per heavy atom. The van der Waals surface area contributed by atoms with E-state index in [2.05, 4.69) is 26.6 Å². The number of fused-ring (bicyclic) bond motifs is 14.